The van der Waals surface area contributed by atoms with Gasteiger partial charge in [-0.3, -0.25) is 9.59 Å². The number of halogens is 2. The Labute approximate surface area is 191 Å². The first-order chi connectivity index (χ1) is 15.3. The summed E-state index contributed by atoms with van der Waals surface area (Å²) in [6, 6.07) is 7.57. The lowest BCUT2D eigenvalue weighted by Gasteiger charge is -2.28. The van der Waals surface area contributed by atoms with Crippen LogP contribution in [-0.2, 0) is 4.79 Å². The SMILES string of the molecule is CC(=O)NC(CCCCCC(=O)c1ccon1)C1=NC(Cl)=C(c2ccc(F)cc2)C(C)C1. The monoisotopic (exact) mass is 459 g/mol. The van der Waals surface area contributed by atoms with Crippen molar-refractivity contribution in [2.45, 2.75) is 58.4 Å². The quantitative estimate of drug-likeness (QED) is 0.287. The molecule has 0 bridgehead atoms. The van der Waals surface area contributed by atoms with Gasteiger partial charge in [-0.25, -0.2) is 9.38 Å². The Bertz CT molecular complexity index is 1000. The summed E-state index contributed by atoms with van der Waals surface area (Å²) in [6.45, 7) is 3.54. The van der Waals surface area contributed by atoms with Crippen LogP contribution in [0.2, 0.25) is 0 Å². The van der Waals surface area contributed by atoms with E-state index in [1.54, 1.807) is 18.2 Å². The van der Waals surface area contributed by atoms with Gasteiger partial charge in [0.05, 0.1) is 6.04 Å². The zero-order valence-electron chi connectivity index (χ0n) is 18.2. The van der Waals surface area contributed by atoms with Gasteiger partial charge in [-0.2, -0.15) is 0 Å². The number of Topliss-reactive ketones (excluding diaryl/α,β-unsaturated/α-hetero) is 1. The molecule has 170 valence electrons. The van der Waals surface area contributed by atoms with Gasteiger partial charge in [0.2, 0.25) is 5.91 Å². The first kappa shape index (κ1) is 23.9. The van der Waals surface area contributed by atoms with Crippen molar-refractivity contribution in [2.75, 3.05) is 0 Å². The first-order valence-electron chi connectivity index (χ1n) is 10.8. The summed E-state index contributed by atoms with van der Waals surface area (Å²) < 4.78 is 18.0. The van der Waals surface area contributed by atoms with E-state index in [0.29, 0.717) is 30.1 Å². The van der Waals surface area contributed by atoms with Crippen LogP contribution in [0.15, 0.2) is 51.3 Å². The van der Waals surface area contributed by atoms with Crippen LogP contribution in [-0.4, -0.2) is 28.6 Å². The van der Waals surface area contributed by atoms with E-state index in [1.165, 1.54) is 25.3 Å². The number of hydrogen-bond acceptors (Lipinski definition) is 5. The molecule has 2 unspecified atom stereocenters. The molecule has 0 fully saturated rings. The maximum absolute atomic E-state index is 13.3. The molecular formula is C24H27ClFN3O3. The number of allylic oxidation sites excluding steroid dienone is 1. The summed E-state index contributed by atoms with van der Waals surface area (Å²) in [5, 5.41) is 7.02. The van der Waals surface area contributed by atoms with Crippen molar-refractivity contribution in [2.24, 2.45) is 10.9 Å². The van der Waals surface area contributed by atoms with E-state index < -0.39 is 0 Å². The maximum atomic E-state index is 13.3. The molecule has 1 aliphatic heterocycles. The molecule has 2 heterocycles. The first-order valence-corrected chi connectivity index (χ1v) is 11.2. The maximum Gasteiger partial charge on any atom is 0.217 e. The Morgan fingerprint density at radius 1 is 1.22 bits per heavy atom. The van der Waals surface area contributed by atoms with Crippen molar-refractivity contribution < 1.29 is 18.5 Å². The van der Waals surface area contributed by atoms with E-state index in [-0.39, 0.29) is 29.5 Å². The van der Waals surface area contributed by atoms with Gasteiger partial charge in [0.15, 0.2) is 5.78 Å². The standard InChI is InChI=1S/C24H27ClFN3O3/c1-15-14-21(28-24(25)23(15)17-8-10-18(26)11-9-17)19(27-16(2)30)6-4-3-5-7-22(31)20-12-13-32-29-20/h8-13,15,19H,3-7,14H2,1-2H3,(H,27,30). The molecule has 6 nitrogen and oxygen atoms in total. The Balaban J connectivity index is 1.62. The number of nitrogens with zero attached hydrogens (tertiary/aromatic N) is 2. The van der Waals surface area contributed by atoms with Crippen molar-refractivity contribution in [1.82, 2.24) is 10.5 Å². The summed E-state index contributed by atoms with van der Waals surface area (Å²) in [5.74, 6) is -0.382. The number of aromatic nitrogens is 1. The number of ketones is 1. The highest BCUT2D eigenvalue weighted by Gasteiger charge is 2.27. The molecule has 0 radical (unpaired) electrons. The summed E-state index contributed by atoms with van der Waals surface area (Å²) in [4.78, 5) is 28.4. The molecule has 3 rings (SSSR count). The number of carbonyl (C=O) groups is 2. The van der Waals surface area contributed by atoms with Crippen molar-refractivity contribution in [3.63, 3.8) is 0 Å². The van der Waals surface area contributed by atoms with Gasteiger partial charge in [0.1, 0.15) is 22.9 Å². The van der Waals surface area contributed by atoms with Gasteiger partial charge in [-0.15, -0.1) is 0 Å². The molecule has 1 aromatic carbocycles. The van der Waals surface area contributed by atoms with E-state index >= 15 is 0 Å². The summed E-state index contributed by atoms with van der Waals surface area (Å²) in [5.41, 5.74) is 2.91. The van der Waals surface area contributed by atoms with Crippen molar-refractivity contribution >= 4 is 34.6 Å². The topological polar surface area (TPSA) is 84.6 Å². The Morgan fingerprint density at radius 2 is 1.97 bits per heavy atom. The molecule has 0 saturated heterocycles. The van der Waals surface area contributed by atoms with Gasteiger partial charge >= 0.3 is 0 Å². The molecule has 1 N–H and O–H groups in total. The van der Waals surface area contributed by atoms with E-state index in [4.69, 9.17) is 16.1 Å². The Kier molecular flexibility index (Phi) is 8.33. The van der Waals surface area contributed by atoms with Crippen LogP contribution >= 0.6 is 11.6 Å². The largest absolute Gasteiger partial charge is 0.364 e. The molecule has 1 aliphatic rings. The third-order valence-corrected chi connectivity index (χ3v) is 5.82. The number of rotatable bonds is 10. The summed E-state index contributed by atoms with van der Waals surface area (Å²) in [7, 11) is 0. The minimum absolute atomic E-state index is 0.0344. The number of unbranched alkanes of at least 4 members (excludes halogenated alkanes) is 2. The van der Waals surface area contributed by atoms with Crippen LogP contribution in [0.5, 0.6) is 0 Å². The third kappa shape index (κ3) is 6.36. The molecule has 2 aromatic rings. The van der Waals surface area contributed by atoms with Gasteiger partial charge in [0.25, 0.3) is 0 Å². The van der Waals surface area contributed by atoms with E-state index in [0.717, 1.165) is 36.1 Å². The second-order valence-corrected chi connectivity index (χ2v) is 8.44. The lowest BCUT2D eigenvalue weighted by molar-refractivity contribution is -0.119. The predicted octanol–water partition coefficient (Wildman–Crippen LogP) is 5.54. The van der Waals surface area contributed by atoms with Gasteiger partial charge in [-0.1, -0.05) is 48.7 Å². The van der Waals surface area contributed by atoms with E-state index in [9.17, 15) is 14.0 Å². The normalized spacial score (nSPS) is 17.1. The predicted molar refractivity (Wildman–Crippen MR) is 122 cm³/mol. The number of hydrogen-bond donors (Lipinski definition) is 1. The fourth-order valence-corrected chi connectivity index (χ4v) is 4.37. The molecule has 8 heteroatoms. The van der Waals surface area contributed by atoms with Gasteiger partial charge in [-0.05, 0) is 48.4 Å². The highest BCUT2D eigenvalue weighted by molar-refractivity contribution is 6.33. The second kappa shape index (κ2) is 11.2. The zero-order valence-corrected chi connectivity index (χ0v) is 19.0. The summed E-state index contributed by atoms with van der Waals surface area (Å²) in [6.07, 6.45) is 5.56. The van der Waals surface area contributed by atoms with Crippen LogP contribution in [0.25, 0.3) is 5.57 Å². The van der Waals surface area contributed by atoms with Crippen molar-refractivity contribution in [3.05, 3.63) is 58.8 Å². The minimum atomic E-state index is -0.299. The van der Waals surface area contributed by atoms with Crippen LogP contribution in [0.4, 0.5) is 4.39 Å². The number of benzene rings is 1. The number of aliphatic imine (C=N–C) groups is 1. The van der Waals surface area contributed by atoms with Gasteiger partial charge in [0, 0.05) is 25.1 Å². The molecule has 1 aromatic heterocycles. The average molecular weight is 460 g/mol. The Morgan fingerprint density at radius 3 is 2.59 bits per heavy atom. The second-order valence-electron chi connectivity index (χ2n) is 8.08. The Hall–Kier alpha value is -2.80. The smallest absolute Gasteiger partial charge is 0.217 e. The fourth-order valence-electron chi connectivity index (χ4n) is 3.97. The highest BCUT2D eigenvalue weighted by atomic mass is 35.5. The van der Waals surface area contributed by atoms with E-state index in [2.05, 4.69) is 22.4 Å². The van der Waals surface area contributed by atoms with Gasteiger partial charge < -0.3 is 9.84 Å². The van der Waals surface area contributed by atoms with Crippen LogP contribution in [0.3, 0.4) is 0 Å². The molecule has 0 saturated carbocycles. The molecule has 2 atom stereocenters. The molecule has 1 amide bonds. The van der Waals surface area contributed by atoms with E-state index in [1.807, 2.05) is 0 Å². The molecule has 0 spiro atoms. The van der Waals surface area contributed by atoms with Crippen molar-refractivity contribution in [3.8, 4) is 0 Å². The lowest BCUT2D eigenvalue weighted by Crippen LogP contribution is -2.41. The number of amides is 1. The average Bonchev–Trinajstić information content (AvgIpc) is 3.28. The zero-order chi connectivity index (χ0) is 23.1. The number of carbonyl (C=O) groups excluding carboxylic acids is 2. The molecular weight excluding hydrogens is 433 g/mol. The molecule has 32 heavy (non-hydrogen) atoms. The van der Waals surface area contributed by atoms with Crippen LogP contribution < -0.4 is 5.32 Å². The highest BCUT2D eigenvalue weighted by Crippen LogP contribution is 2.36. The molecule has 0 aliphatic carbocycles. The van der Waals surface area contributed by atoms with Crippen LogP contribution in [0, 0.1) is 11.7 Å². The van der Waals surface area contributed by atoms with Crippen LogP contribution in [0.1, 0.15) is 68.4 Å². The lowest BCUT2D eigenvalue weighted by atomic mass is 9.85. The van der Waals surface area contributed by atoms with Crippen molar-refractivity contribution in [1.29, 1.82) is 0 Å². The fraction of sp³-hybridized carbons (Fsp3) is 0.417. The minimum Gasteiger partial charge on any atom is -0.364 e. The third-order valence-electron chi connectivity index (χ3n) is 5.53. The summed E-state index contributed by atoms with van der Waals surface area (Å²) >= 11 is 6.53. The number of nitrogens with one attached hydrogen (secondary N) is 1.